The van der Waals surface area contributed by atoms with E-state index in [1.165, 1.54) is 15.8 Å². The van der Waals surface area contributed by atoms with E-state index < -0.39 is 5.97 Å². The van der Waals surface area contributed by atoms with Gasteiger partial charge in [0.2, 0.25) is 0 Å². The monoisotopic (exact) mass is 236 g/mol. The summed E-state index contributed by atoms with van der Waals surface area (Å²) in [7, 11) is 0. The molecule has 0 aliphatic rings. The van der Waals surface area contributed by atoms with Gasteiger partial charge in [0.1, 0.15) is 0 Å². The van der Waals surface area contributed by atoms with Crippen molar-refractivity contribution in [1.29, 1.82) is 0 Å². The van der Waals surface area contributed by atoms with Crippen molar-refractivity contribution in [3.8, 4) is 0 Å². The largest absolute Gasteiger partial charge is 0.476 e. The van der Waals surface area contributed by atoms with Crippen molar-refractivity contribution in [3.05, 3.63) is 39.8 Å². The summed E-state index contributed by atoms with van der Waals surface area (Å²) in [5, 5.41) is 12.7. The molecule has 2 heterocycles. The third-order valence-electron chi connectivity index (χ3n) is 2.24. The second-order valence-electron chi connectivity index (χ2n) is 3.43. The summed E-state index contributed by atoms with van der Waals surface area (Å²) in [4.78, 5) is 13.2. The summed E-state index contributed by atoms with van der Waals surface area (Å²) in [6.45, 7) is 2.75. The van der Waals surface area contributed by atoms with Gasteiger partial charge in [0.25, 0.3) is 0 Å². The highest BCUT2D eigenvalue weighted by atomic mass is 32.1. The van der Waals surface area contributed by atoms with Crippen LogP contribution in [0.2, 0.25) is 0 Å². The average molecular weight is 236 g/mol. The molecule has 2 rings (SSSR count). The Morgan fingerprint density at radius 1 is 1.44 bits per heavy atom. The molecule has 0 aliphatic carbocycles. The Kier molecular flexibility index (Phi) is 3.05. The molecule has 0 fully saturated rings. The van der Waals surface area contributed by atoms with Crippen LogP contribution in [0.1, 0.15) is 27.2 Å². The Morgan fingerprint density at radius 3 is 2.75 bits per heavy atom. The maximum atomic E-state index is 10.6. The number of aromatic carboxylic acids is 1. The van der Waals surface area contributed by atoms with Crippen molar-refractivity contribution in [2.24, 2.45) is 0 Å². The normalized spacial score (nSPS) is 10.6. The van der Waals surface area contributed by atoms with E-state index in [9.17, 15) is 4.79 Å². The van der Waals surface area contributed by atoms with E-state index in [0.29, 0.717) is 6.54 Å². The van der Waals surface area contributed by atoms with Crippen LogP contribution in [0, 0.1) is 0 Å². The van der Waals surface area contributed by atoms with Gasteiger partial charge in [-0.15, -0.1) is 11.3 Å². The minimum Gasteiger partial charge on any atom is -0.476 e. The number of carboxylic acids is 1. The summed E-state index contributed by atoms with van der Waals surface area (Å²) in [6.07, 6.45) is 2.72. The van der Waals surface area contributed by atoms with Gasteiger partial charge in [0.05, 0.1) is 6.54 Å². The zero-order chi connectivity index (χ0) is 11.5. The van der Waals surface area contributed by atoms with Crippen LogP contribution in [0.5, 0.6) is 0 Å². The van der Waals surface area contributed by atoms with E-state index >= 15 is 0 Å². The predicted octanol–water partition coefficient (Wildman–Crippen LogP) is 2.25. The van der Waals surface area contributed by atoms with Crippen LogP contribution in [0.3, 0.4) is 0 Å². The summed E-state index contributed by atoms with van der Waals surface area (Å²) >= 11 is 1.74. The average Bonchev–Trinajstić information content (AvgIpc) is 2.87. The Balaban J connectivity index is 2.11. The molecular formula is C11H12N2O2S. The predicted molar refractivity (Wildman–Crippen MR) is 62.0 cm³/mol. The fraction of sp³-hybridized carbons (Fsp3) is 0.273. The molecule has 2 aromatic rings. The number of hydrogen-bond acceptors (Lipinski definition) is 3. The van der Waals surface area contributed by atoms with Gasteiger partial charge in [-0.3, -0.25) is 4.68 Å². The van der Waals surface area contributed by atoms with Crippen molar-refractivity contribution in [3.63, 3.8) is 0 Å². The standard InChI is InChI=1S/C11H12N2O2S/c1-2-8-3-4-9(16-8)7-13-6-5-10(12-13)11(14)15/h3-6H,2,7H2,1H3,(H,14,15). The molecular weight excluding hydrogens is 224 g/mol. The highest BCUT2D eigenvalue weighted by molar-refractivity contribution is 7.11. The van der Waals surface area contributed by atoms with Crippen LogP contribution in [0.25, 0.3) is 0 Å². The van der Waals surface area contributed by atoms with Gasteiger partial charge in [-0.05, 0) is 24.6 Å². The van der Waals surface area contributed by atoms with E-state index in [-0.39, 0.29) is 5.69 Å². The van der Waals surface area contributed by atoms with Crippen molar-refractivity contribution in [1.82, 2.24) is 9.78 Å². The molecule has 1 N–H and O–H groups in total. The van der Waals surface area contributed by atoms with Gasteiger partial charge in [-0.2, -0.15) is 5.10 Å². The molecule has 0 spiro atoms. The third-order valence-corrected chi connectivity index (χ3v) is 3.46. The third kappa shape index (κ3) is 2.30. The Hall–Kier alpha value is -1.62. The number of hydrogen-bond donors (Lipinski definition) is 1. The van der Waals surface area contributed by atoms with Gasteiger partial charge in [-0.1, -0.05) is 6.92 Å². The number of aryl methyl sites for hydroxylation is 1. The summed E-state index contributed by atoms with van der Waals surface area (Å²) < 4.78 is 1.65. The molecule has 4 nitrogen and oxygen atoms in total. The summed E-state index contributed by atoms with van der Waals surface area (Å²) in [5.41, 5.74) is 0.0901. The number of carbonyl (C=O) groups is 1. The van der Waals surface area contributed by atoms with Crippen LogP contribution in [-0.4, -0.2) is 20.9 Å². The van der Waals surface area contributed by atoms with Crippen molar-refractivity contribution in [2.75, 3.05) is 0 Å². The van der Waals surface area contributed by atoms with Crippen molar-refractivity contribution >= 4 is 17.3 Å². The quantitative estimate of drug-likeness (QED) is 0.885. The zero-order valence-electron chi connectivity index (χ0n) is 8.88. The first-order valence-corrected chi connectivity index (χ1v) is 5.85. The Bertz CT molecular complexity index is 502. The zero-order valence-corrected chi connectivity index (χ0v) is 9.70. The molecule has 0 saturated carbocycles. The molecule has 16 heavy (non-hydrogen) atoms. The van der Waals surface area contributed by atoms with E-state index in [1.54, 1.807) is 22.2 Å². The van der Waals surface area contributed by atoms with Crippen LogP contribution in [-0.2, 0) is 13.0 Å². The molecule has 0 saturated heterocycles. The van der Waals surface area contributed by atoms with Gasteiger partial charge in [0, 0.05) is 16.0 Å². The van der Waals surface area contributed by atoms with Crippen LogP contribution in [0.15, 0.2) is 24.4 Å². The molecule has 0 atom stereocenters. The lowest BCUT2D eigenvalue weighted by Gasteiger charge is -1.97. The highest BCUT2D eigenvalue weighted by Crippen LogP contribution is 2.17. The first-order valence-electron chi connectivity index (χ1n) is 5.03. The van der Waals surface area contributed by atoms with E-state index in [4.69, 9.17) is 5.11 Å². The Labute approximate surface area is 97.2 Å². The summed E-state index contributed by atoms with van der Waals surface area (Å²) in [5.74, 6) is -0.987. The fourth-order valence-corrected chi connectivity index (χ4v) is 2.37. The Morgan fingerprint density at radius 2 is 2.19 bits per heavy atom. The van der Waals surface area contributed by atoms with Gasteiger partial charge < -0.3 is 5.11 Å². The van der Waals surface area contributed by atoms with Crippen LogP contribution < -0.4 is 0 Å². The maximum Gasteiger partial charge on any atom is 0.356 e. The van der Waals surface area contributed by atoms with Crippen LogP contribution >= 0.6 is 11.3 Å². The minimum absolute atomic E-state index is 0.0901. The lowest BCUT2D eigenvalue weighted by molar-refractivity contribution is 0.0689. The number of aromatic nitrogens is 2. The van der Waals surface area contributed by atoms with Crippen molar-refractivity contribution < 1.29 is 9.90 Å². The highest BCUT2D eigenvalue weighted by Gasteiger charge is 2.07. The lowest BCUT2D eigenvalue weighted by Crippen LogP contribution is -2.02. The lowest BCUT2D eigenvalue weighted by atomic mass is 10.4. The SMILES string of the molecule is CCc1ccc(Cn2ccc(C(=O)O)n2)s1. The van der Waals surface area contributed by atoms with Gasteiger partial charge in [-0.25, -0.2) is 4.79 Å². The number of carboxylic acid groups (broad SMARTS) is 1. The van der Waals surface area contributed by atoms with Crippen LogP contribution in [0.4, 0.5) is 0 Å². The molecule has 0 radical (unpaired) electrons. The minimum atomic E-state index is -0.987. The molecule has 2 aromatic heterocycles. The second-order valence-corrected chi connectivity index (χ2v) is 4.68. The molecule has 0 unspecified atom stereocenters. The topological polar surface area (TPSA) is 55.1 Å². The molecule has 0 aromatic carbocycles. The second kappa shape index (κ2) is 4.49. The first kappa shape index (κ1) is 10.9. The number of thiophene rings is 1. The fourth-order valence-electron chi connectivity index (χ4n) is 1.42. The van der Waals surface area contributed by atoms with Gasteiger partial charge >= 0.3 is 5.97 Å². The van der Waals surface area contributed by atoms with E-state index in [2.05, 4.69) is 24.2 Å². The van der Waals surface area contributed by atoms with E-state index in [0.717, 1.165) is 6.42 Å². The smallest absolute Gasteiger partial charge is 0.356 e. The van der Waals surface area contributed by atoms with E-state index in [1.807, 2.05) is 0 Å². The number of nitrogens with zero attached hydrogens (tertiary/aromatic N) is 2. The molecule has 0 amide bonds. The maximum absolute atomic E-state index is 10.6. The van der Waals surface area contributed by atoms with Crippen molar-refractivity contribution in [2.45, 2.75) is 19.9 Å². The molecule has 5 heteroatoms. The first-order chi connectivity index (χ1) is 7.69. The number of rotatable bonds is 4. The van der Waals surface area contributed by atoms with Gasteiger partial charge in [0.15, 0.2) is 5.69 Å². The molecule has 0 aliphatic heterocycles. The molecule has 84 valence electrons. The molecule has 0 bridgehead atoms. The summed E-state index contributed by atoms with van der Waals surface area (Å²) in [6, 6.07) is 5.67.